The molecular formula is C17H31F3N2Sn. The third-order valence-corrected chi connectivity index (χ3v) is 20.2. The van der Waals surface area contributed by atoms with Crippen molar-refractivity contribution in [1.29, 1.82) is 0 Å². The molecule has 0 radical (unpaired) electrons. The minimum atomic E-state index is -4.33. The van der Waals surface area contributed by atoms with Crippen LogP contribution in [0.1, 0.15) is 65.0 Å². The summed E-state index contributed by atoms with van der Waals surface area (Å²) in [6.45, 7) is 6.39. The number of unbranched alkanes of at least 4 members (excludes halogenated alkanes) is 3. The van der Waals surface area contributed by atoms with Crippen LogP contribution in [-0.2, 0) is 13.2 Å². The van der Waals surface area contributed by atoms with Crippen molar-refractivity contribution in [2.24, 2.45) is 7.05 Å². The van der Waals surface area contributed by atoms with Gasteiger partial charge in [0.2, 0.25) is 0 Å². The Labute approximate surface area is 142 Å². The summed E-state index contributed by atoms with van der Waals surface area (Å²) in [6, 6.07) is 0. The van der Waals surface area contributed by atoms with E-state index >= 15 is 0 Å². The van der Waals surface area contributed by atoms with Gasteiger partial charge in [0.15, 0.2) is 0 Å². The van der Waals surface area contributed by atoms with E-state index in [2.05, 4.69) is 25.9 Å². The Balaban J connectivity index is 3.34. The molecule has 0 bridgehead atoms. The molecule has 0 aliphatic rings. The van der Waals surface area contributed by atoms with Crippen LogP contribution in [0.15, 0.2) is 6.20 Å². The molecule has 0 fully saturated rings. The number of aryl methyl sites for hydroxylation is 1. The zero-order valence-corrected chi connectivity index (χ0v) is 17.8. The Morgan fingerprint density at radius 2 is 1.39 bits per heavy atom. The van der Waals surface area contributed by atoms with Crippen LogP contribution in [0.4, 0.5) is 13.2 Å². The van der Waals surface area contributed by atoms with Crippen molar-refractivity contribution in [3.63, 3.8) is 0 Å². The van der Waals surface area contributed by atoms with E-state index in [0.29, 0.717) is 3.58 Å². The summed E-state index contributed by atoms with van der Waals surface area (Å²) in [4.78, 5) is 0. The second-order valence-corrected chi connectivity index (χ2v) is 19.8. The quantitative estimate of drug-likeness (QED) is 0.441. The van der Waals surface area contributed by atoms with Crippen molar-refractivity contribution >= 4 is 22.0 Å². The Morgan fingerprint density at radius 1 is 0.957 bits per heavy atom. The second-order valence-electron chi connectivity index (χ2n) is 6.65. The monoisotopic (exact) mass is 440 g/mol. The van der Waals surface area contributed by atoms with Crippen molar-refractivity contribution < 1.29 is 13.2 Å². The summed E-state index contributed by atoms with van der Waals surface area (Å²) < 4.78 is 45.6. The number of alkyl halides is 3. The standard InChI is InChI=1S/C5H4F3N2.3C4H9.Sn/c1-10-3-2-4(9-10)5(6,7)8;3*1-3-4-2;/h3H,1H3;3*1,3-4H2,2H3;. The summed E-state index contributed by atoms with van der Waals surface area (Å²) in [5.41, 5.74) is -0.584. The fourth-order valence-electron chi connectivity index (χ4n) is 3.41. The van der Waals surface area contributed by atoms with Crippen LogP contribution in [0.2, 0.25) is 13.3 Å². The molecule has 0 N–H and O–H groups in total. The first-order valence-electron chi connectivity index (χ1n) is 8.92. The van der Waals surface area contributed by atoms with E-state index < -0.39 is 30.2 Å². The average molecular weight is 439 g/mol. The van der Waals surface area contributed by atoms with Crippen molar-refractivity contribution in [2.45, 2.75) is 78.8 Å². The van der Waals surface area contributed by atoms with Gasteiger partial charge in [-0.2, -0.15) is 0 Å². The predicted molar refractivity (Wildman–Crippen MR) is 92.7 cm³/mol. The van der Waals surface area contributed by atoms with Gasteiger partial charge in [-0.3, -0.25) is 0 Å². The average Bonchev–Trinajstić information content (AvgIpc) is 2.90. The Morgan fingerprint density at radius 3 is 1.74 bits per heavy atom. The Hall–Kier alpha value is -0.201. The van der Waals surface area contributed by atoms with E-state index in [1.165, 1.54) is 4.68 Å². The topological polar surface area (TPSA) is 17.8 Å². The van der Waals surface area contributed by atoms with Gasteiger partial charge in [0.25, 0.3) is 0 Å². The van der Waals surface area contributed by atoms with Gasteiger partial charge in [0.1, 0.15) is 0 Å². The number of halogens is 3. The molecule has 0 spiro atoms. The number of rotatable bonds is 10. The van der Waals surface area contributed by atoms with Gasteiger partial charge in [0.05, 0.1) is 0 Å². The third kappa shape index (κ3) is 5.68. The van der Waals surface area contributed by atoms with E-state index in [1.54, 1.807) is 13.2 Å². The Bertz CT molecular complexity index is 447. The number of hydrogen-bond donors (Lipinski definition) is 0. The summed E-state index contributed by atoms with van der Waals surface area (Å²) in [6.07, 6.45) is 3.69. The summed E-state index contributed by atoms with van der Waals surface area (Å²) >= 11 is -3.08. The van der Waals surface area contributed by atoms with Crippen LogP contribution in [0.25, 0.3) is 0 Å². The molecule has 0 saturated heterocycles. The van der Waals surface area contributed by atoms with Gasteiger partial charge < -0.3 is 0 Å². The van der Waals surface area contributed by atoms with Gasteiger partial charge in [-0.05, 0) is 0 Å². The Kier molecular flexibility index (Phi) is 8.45. The molecule has 1 aromatic rings. The molecule has 6 heteroatoms. The molecule has 0 aliphatic heterocycles. The molecule has 0 aromatic carbocycles. The molecule has 1 rings (SSSR count). The fourth-order valence-corrected chi connectivity index (χ4v) is 20.0. The number of hydrogen-bond acceptors (Lipinski definition) is 1. The molecule has 0 saturated carbocycles. The van der Waals surface area contributed by atoms with Gasteiger partial charge in [-0.25, -0.2) is 0 Å². The fraction of sp³-hybridized carbons (Fsp3) is 0.824. The molecule has 0 aliphatic carbocycles. The summed E-state index contributed by atoms with van der Waals surface area (Å²) in [5.74, 6) is 0. The van der Waals surface area contributed by atoms with Gasteiger partial charge in [-0.1, -0.05) is 0 Å². The van der Waals surface area contributed by atoms with E-state index in [1.807, 2.05) is 0 Å². The maximum absolute atomic E-state index is 13.5. The second kappa shape index (κ2) is 9.33. The van der Waals surface area contributed by atoms with Crippen LogP contribution in [0.3, 0.4) is 0 Å². The molecule has 0 amide bonds. The normalized spacial score (nSPS) is 12.8. The first-order valence-corrected chi connectivity index (χ1v) is 16.4. The van der Waals surface area contributed by atoms with Crippen LogP contribution in [0, 0.1) is 0 Å². The first kappa shape index (κ1) is 20.8. The van der Waals surface area contributed by atoms with E-state index in [0.717, 1.165) is 51.8 Å². The van der Waals surface area contributed by atoms with E-state index in [-0.39, 0.29) is 0 Å². The molecule has 0 atom stereocenters. The van der Waals surface area contributed by atoms with E-state index in [9.17, 15) is 13.2 Å². The maximum atomic E-state index is 13.5. The van der Waals surface area contributed by atoms with Gasteiger partial charge >= 0.3 is 143 Å². The summed E-state index contributed by atoms with van der Waals surface area (Å²) in [5, 5.41) is 3.82. The van der Waals surface area contributed by atoms with Crippen molar-refractivity contribution in [1.82, 2.24) is 9.78 Å². The minimum absolute atomic E-state index is 0.584. The zero-order valence-electron chi connectivity index (χ0n) is 15.0. The van der Waals surface area contributed by atoms with Gasteiger partial charge in [-0.15, -0.1) is 0 Å². The van der Waals surface area contributed by atoms with E-state index in [4.69, 9.17) is 0 Å². The SMILES string of the molecule is CCC[CH2][Sn]([CH2]CCC)([CH2]CCC)[c]1cn(C)nc1C(F)(F)F. The third-order valence-electron chi connectivity index (χ3n) is 4.70. The first-order chi connectivity index (χ1) is 10.8. The van der Waals surface area contributed by atoms with Crippen LogP contribution in [-0.4, -0.2) is 28.2 Å². The van der Waals surface area contributed by atoms with Crippen LogP contribution < -0.4 is 3.58 Å². The van der Waals surface area contributed by atoms with Gasteiger partial charge in [0, 0.05) is 0 Å². The molecule has 1 heterocycles. The number of nitrogens with zero attached hydrogens (tertiary/aromatic N) is 2. The predicted octanol–water partition coefficient (Wildman–Crippen LogP) is 5.50. The molecular weight excluding hydrogens is 408 g/mol. The van der Waals surface area contributed by atoms with Crippen molar-refractivity contribution in [3.8, 4) is 0 Å². The van der Waals surface area contributed by atoms with Crippen molar-refractivity contribution in [2.75, 3.05) is 0 Å². The number of aromatic nitrogens is 2. The zero-order chi connectivity index (χ0) is 17.5. The molecule has 134 valence electrons. The molecule has 2 nitrogen and oxygen atoms in total. The molecule has 0 unspecified atom stereocenters. The molecule has 1 aromatic heterocycles. The van der Waals surface area contributed by atoms with Crippen molar-refractivity contribution in [3.05, 3.63) is 11.9 Å². The van der Waals surface area contributed by atoms with Crippen LogP contribution >= 0.6 is 0 Å². The molecule has 23 heavy (non-hydrogen) atoms. The summed E-state index contributed by atoms with van der Waals surface area (Å²) in [7, 11) is 1.62. The van der Waals surface area contributed by atoms with Crippen LogP contribution in [0.5, 0.6) is 0 Å².